The number of halogens is 1. The molecular formula is C19H37IN4O2. The van der Waals surface area contributed by atoms with E-state index in [9.17, 15) is 5.11 Å². The number of ether oxygens (including phenoxy) is 1. The van der Waals surface area contributed by atoms with E-state index in [0.29, 0.717) is 6.04 Å². The summed E-state index contributed by atoms with van der Waals surface area (Å²) in [5.74, 6) is 0.939. The Morgan fingerprint density at radius 3 is 2.42 bits per heavy atom. The van der Waals surface area contributed by atoms with Crippen LogP contribution < -0.4 is 10.6 Å². The average molecular weight is 480 g/mol. The normalized spacial score (nSPS) is 29.8. The first-order valence-electron chi connectivity index (χ1n) is 10.3. The van der Waals surface area contributed by atoms with Crippen LogP contribution in [0.1, 0.15) is 58.3 Å². The molecule has 2 heterocycles. The monoisotopic (exact) mass is 480 g/mol. The number of hydrogen-bond donors (Lipinski definition) is 3. The molecule has 1 saturated carbocycles. The van der Waals surface area contributed by atoms with E-state index in [1.54, 1.807) is 0 Å². The highest BCUT2D eigenvalue weighted by molar-refractivity contribution is 14.0. The third-order valence-corrected chi connectivity index (χ3v) is 6.11. The largest absolute Gasteiger partial charge is 0.393 e. The van der Waals surface area contributed by atoms with Gasteiger partial charge in [0.15, 0.2) is 5.96 Å². The van der Waals surface area contributed by atoms with Gasteiger partial charge in [-0.3, -0.25) is 9.89 Å². The molecule has 2 saturated heterocycles. The molecular weight excluding hydrogens is 443 g/mol. The van der Waals surface area contributed by atoms with Gasteiger partial charge in [-0.25, -0.2) is 0 Å². The molecule has 3 aliphatic rings. The molecule has 3 N–H and O–H groups in total. The van der Waals surface area contributed by atoms with Crippen LogP contribution >= 0.6 is 24.0 Å². The molecule has 26 heavy (non-hydrogen) atoms. The maximum atomic E-state index is 9.70. The Kier molecular flexibility index (Phi) is 9.40. The molecule has 0 aromatic carbocycles. The lowest BCUT2D eigenvalue weighted by Crippen LogP contribution is -2.54. The molecule has 3 rings (SSSR count). The molecule has 3 fully saturated rings. The topological polar surface area (TPSA) is 69.1 Å². The minimum Gasteiger partial charge on any atom is -0.393 e. The van der Waals surface area contributed by atoms with Gasteiger partial charge < -0.3 is 20.5 Å². The van der Waals surface area contributed by atoms with Crippen LogP contribution in [0.3, 0.4) is 0 Å². The average Bonchev–Trinajstić information content (AvgIpc) is 3.18. The van der Waals surface area contributed by atoms with Crippen molar-refractivity contribution in [1.82, 2.24) is 15.5 Å². The van der Waals surface area contributed by atoms with Crippen molar-refractivity contribution >= 4 is 29.9 Å². The van der Waals surface area contributed by atoms with E-state index in [0.717, 1.165) is 70.8 Å². The van der Waals surface area contributed by atoms with Crippen LogP contribution in [0.2, 0.25) is 0 Å². The molecule has 0 amide bonds. The van der Waals surface area contributed by atoms with Gasteiger partial charge in [0.05, 0.1) is 12.6 Å². The zero-order valence-corrected chi connectivity index (χ0v) is 18.5. The standard InChI is InChI=1S/C19H36N4O2.HI/c1-2-20-18(22-16-5-7-17(24)8-6-16)21-15-19(9-13-25-14-10-19)23-11-3-4-12-23;/h16-17,24H,2-15H2,1H3,(H2,20,21,22);1H. The van der Waals surface area contributed by atoms with Crippen molar-refractivity contribution in [2.75, 3.05) is 39.4 Å². The summed E-state index contributed by atoms with van der Waals surface area (Å²) in [5, 5.41) is 16.7. The highest BCUT2D eigenvalue weighted by Crippen LogP contribution is 2.31. The summed E-state index contributed by atoms with van der Waals surface area (Å²) >= 11 is 0. The van der Waals surface area contributed by atoms with E-state index < -0.39 is 0 Å². The summed E-state index contributed by atoms with van der Waals surface area (Å²) in [6.45, 7) is 7.97. The van der Waals surface area contributed by atoms with Crippen molar-refractivity contribution in [3.05, 3.63) is 0 Å². The molecule has 2 aliphatic heterocycles. The Morgan fingerprint density at radius 2 is 1.81 bits per heavy atom. The third kappa shape index (κ3) is 5.94. The molecule has 0 aromatic rings. The molecule has 0 bridgehead atoms. The zero-order chi connectivity index (χ0) is 17.5. The predicted molar refractivity (Wildman–Crippen MR) is 116 cm³/mol. The summed E-state index contributed by atoms with van der Waals surface area (Å²) in [6, 6.07) is 0.429. The summed E-state index contributed by atoms with van der Waals surface area (Å²) < 4.78 is 5.64. The Balaban J connectivity index is 0.00000243. The lowest BCUT2D eigenvalue weighted by atomic mass is 9.88. The van der Waals surface area contributed by atoms with Crippen molar-refractivity contribution in [3.8, 4) is 0 Å². The van der Waals surface area contributed by atoms with Crippen molar-refractivity contribution in [2.45, 2.75) is 76.0 Å². The number of nitrogens with one attached hydrogen (secondary N) is 2. The van der Waals surface area contributed by atoms with E-state index >= 15 is 0 Å². The van der Waals surface area contributed by atoms with Gasteiger partial charge in [0, 0.05) is 31.3 Å². The second-order valence-electron chi connectivity index (χ2n) is 7.88. The number of nitrogens with zero attached hydrogens (tertiary/aromatic N) is 2. The molecule has 0 spiro atoms. The number of aliphatic hydroxyl groups excluding tert-OH is 1. The Hall–Kier alpha value is -0.120. The van der Waals surface area contributed by atoms with Crippen LogP contribution in [0.4, 0.5) is 0 Å². The molecule has 0 radical (unpaired) electrons. The first-order valence-corrected chi connectivity index (χ1v) is 10.3. The molecule has 0 atom stereocenters. The van der Waals surface area contributed by atoms with E-state index in [4.69, 9.17) is 9.73 Å². The molecule has 7 heteroatoms. The first kappa shape index (κ1) is 22.2. The minimum absolute atomic E-state index is 0. The van der Waals surface area contributed by atoms with Crippen molar-refractivity contribution in [3.63, 3.8) is 0 Å². The third-order valence-electron chi connectivity index (χ3n) is 6.11. The van der Waals surface area contributed by atoms with Crippen LogP contribution in [-0.2, 0) is 4.74 Å². The van der Waals surface area contributed by atoms with Gasteiger partial charge in [0.1, 0.15) is 0 Å². The first-order chi connectivity index (χ1) is 12.2. The van der Waals surface area contributed by atoms with E-state index in [2.05, 4.69) is 22.5 Å². The van der Waals surface area contributed by atoms with E-state index in [1.807, 2.05) is 0 Å². The van der Waals surface area contributed by atoms with Gasteiger partial charge in [-0.1, -0.05) is 0 Å². The second kappa shape index (κ2) is 11.0. The number of aliphatic imine (C=N–C) groups is 1. The van der Waals surface area contributed by atoms with Gasteiger partial charge in [-0.15, -0.1) is 24.0 Å². The van der Waals surface area contributed by atoms with Crippen LogP contribution in [-0.4, -0.2) is 73.0 Å². The second-order valence-corrected chi connectivity index (χ2v) is 7.88. The maximum absolute atomic E-state index is 9.70. The van der Waals surface area contributed by atoms with Crippen molar-refractivity contribution in [1.29, 1.82) is 0 Å². The molecule has 0 unspecified atom stereocenters. The van der Waals surface area contributed by atoms with Crippen molar-refractivity contribution < 1.29 is 9.84 Å². The van der Waals surface area contributed by atoms with E-state index in [1.165, 1.54) is 25.9 Å². The van der Waals surface area contributed by atoms with Crippen LogP contribution in [0, 0.1) is 0 Å². The van der Waals surface area contributed by atoms with Gasteiger partial charge >= 0.3 is 0 Å². The summed E-state index contributed by atoms with van der Waals surface area (Å²) in [7, 11) is 0. The number of guanidine groups is 1. The minimum atomic E-state index is -0.113. The maximum Gasteiger partial charge on any atom is 0.191 e. The number of hydrogen-bond acceptors (Lipinski definition) is 4. The Bertz CT molecular complexity index is 429. The molecule has 0 aromatic heterocycles. The smallest absolute Gasteiger partial charge is 0.191 e. The SMILES string of the molecule is CCNC(=NCC1(N2CCCC2)CCOCC1)NC1CCC(O)CC1.I. The molecule has 152 valence electrons. The van der Waals surface area contributed by atoms with Gasteiger partial charge in [-0.2, -0.15) is 0 Å². The Morgan fingerprint density at radius 1 is 1.15 bits per heavy atom. The van der Waals surface area contributed by atoms with Crippen LogP contribution in [0.25, 0.3) is 0 Å². The quantitative estimate of drug-likeness (QED) is 0.320. The van der Waals surface area contributed by atoms with E-state index in [-0.39, 0.29) is 35.6 Å². The highest BCUT2D eigenvalue weighted by atomic mass is 127. The lowest BCUT2D eigenvalue weighted by Gasteiger charge is -2.43. The predicted octanol–water partition coefficient (Wildman–Crippen LogP) is 2.11. The fourth-order valence-electron chi connectivity index (χ4n) is 4.48. The fourth-order valence-corrected chi connectivity index (χ4v) is 4.48. The van der Waals surface area contributed by atoms with Gasteiger partial charge in [0.2, 0.25) is 0 Å². The van der Waals surface area contributed by atoms with Gasteiger partial charge in [-0.05, 0) is 71.4 Å². The van der Waals surface area contributed by atoms with Crippen molar-refractivity contribution in [2.24, 2.45) is 4.99 Å². The summed E-state index contributed by atoms with van der Waals surface area (Å²) in [6.07, 6.45) is 8.53. The highest BCUT2D eigenvalue weighted by Gasteiger charge is 2.39. The fraction of sp³-hybridized carbons (Fsp3) is 0.947. The van der Waals surface area contributed by atoms with Crippen LogP contribution in [0.5, 0.6) is 0 Å². The molecule has 1 aliphatic carbocycles. The van der Waals surface area contributed by atoms with Crippen LogP contribution in [0.15, 0.2) is 4.99 Å². The lowest BCUT2D eigenvalue weighted by molar-refractivity contribution is -0.0139. The zero-order valence-electron chi connectivity index (χ0n) is 16.2. The van der Waals surface area contributed by atoms with Gasteiger partial charge in [0.25, 0.3) is 0 Å². The number of aliphatic hydroxyl groups is 1. The summed E-state index contributed by atoms with van der Waals surface area (Å²) in [4.78, 5) is 7.67. The number of rotatable bonds is 5. The Labute approximate surface area is 175 Å². The molecule has 6 nitrogen and oxygen atoms in total. The number of likely N-dealkylation sites (tertiary alicyclic amines) is 1. The summed E-state index contributed by atoms with van der Waals surface area (Å²) in [5.41, 5.74) is 0.180.